The van der Waals surface area contributed by atoms with Gasteiger partial charge in [-0.05, 0) is 51.3 Å². The van der Waals surface area contributed by atoms with Gasteiger partial charge < -0.3 is 10.6 Å². The van der Waals surface area contributed by atoms with Crippen LogP contribution in [-0.4, -0.2) is 22.9 Å². The van der Waals surface area contributed by atoms with Crippen molar-refractivity contribution in [2.24, 2.45) is 0 Å². The fourth-order valence-corrected chi connectivity index (χ4v) is 2.88. The standard InChI is InChI=1S/C15H19F3N2O/c1-9-4-3-5-10(2)20(9)14(21)12-8-11(15(16,17)18)6-7-13(12)19/h6-10H,3-5,19H2,1-2H3/t9-,10+. The quantitative estimate of drug-likeness (QED) is 0.804. The number of benzene rings is 1. The molecule has 1 saturated heterocycles. The Balaban J connectivity index is 2.38. The van der Waals surface area contributed by atoms with E-state index >= 15 is 0 Å². The number of rotatable bonds is 1. The van der Waals surface area contributed by atoms with Crippen molar-refractivity contribution in [3.05, 3.63) is 29.3 Å². The molecule has 0 aromatic heterocycles. The molecule has 1 amide bonds. The van der Waals surface area contributed by atoms with Crippen molar-refractivity contribution < 1.29 is 18.0 Å². The number of carbonyl (C=O) groups is 1. The molecule has 1 aliphatic rings. The SMILES string of the molecule is C[C@@H]1CCC[C@H](C)N1C(=O)c1cc(C(F)(F)F)ccc1N. The fraction of sp³-hybridized carbons (Fsp3) is 0.533. The highest BCUT2D eigenvalue weighted by Crippen LogP contribution is 2.33. The van der Waals surface area contributed by atoms with Crippen molar-refractivity contribution in [3.8, 4) is 0 Å². The Kier molecular flexibility index (Phi) is 4.16. The molecule has 0 radical (unpaired) electrons. The largest absolute Gasteiger partial charge is 0.416 e. The zero-order chi connectivity index (χ0) is 15.8. The van der Waals surface area contributed by atoms with E-state index < -0.39 is 17.6 Å². The number of nitrogen functional groups attached to an aromatic ring is 1. The van der Waals surface area contributed by atoms with Gasteiger partial charge in [0.05, 0.1) is 11.1 Å². The van der Waals surface area contributed by atoms with Gasteiger partial charge >= 0.3 is 6.18 Å². The predicted molar refractivity (Wildman–Crippen MR) is 74.8 cm³/mol. The lowest BCUT2D eigenvalue weighted by molar-refractivity contribution is -0.137. The van der Waals surface area contributed by atoms with Crippen LogP contribution in [0.1, 0.15) is 49.0 Å². The first kappa shape index (κ1) is 15.7. The van der Waals surface area contributed by atoms with Gasteiger partial charge in [0.1, 0.15) is 0 Å². The Morgan fingerprint density at radius 2 is 1.81 bits per heavy atom. The maximum atomic E-state index is 12.8. The summed E-state index contributed by atoms with van der Waals surface area (Å²) < 4.78 is 38.4. The summed E-state index contributed by atoms with van der Waals surface area (Å²) in [5.41, 5.74) is 4.88. The second kappa shape index (κ2) is 5.58. The van der Waals surface area contributed by atoms with E-state index in [1.807, 2.05) is 13.8 Å². The first-order chi connectivity index (χ1) is 9.71. The summed E-state index contributed by atoms with van der Waals surface area (Å²) in [4.78, 5) is 14.2. The smallest absolute Gasteiger partial charge is 0.398 e. The number of halogens is 3. The van der Waals surface area contributed by atoms with Crippen LogP contribution in [0.4, 0.5) is 18.9 Å². The minimum Gasteiger partial charge on any atom is -0.398 e. The third kappa shape index (κ3) is 3.14. The van der Waals surface area contributed by atoms with Crippen molar-refractivity contribution in [1.29, 1.82) is 0 Å². The lowest BCUT2D eigenvalue weighted by Crippen LogP contribution is -2.47. The van der Waals surface area contributed by atoms with E-state index in [2.05, 4.69) is 0 Å². The van der Waals surface area contributed by atoms with Gasteiger partial charge in [-0.25, -0.2) is 0 Å². The van der Waals surface area contributed by atoms with Gasteiger partial charge in [-0.15, -0.1) is 0 Å². The molecule has 2 N–H and O–H groups in total. The number of alkyl halides is 3. The topological polar surface area (TPSA) is 46.3 Å². The highest BCUT2D eigenvalue weighted by atomic mass is 19.4. The van der Waals surface area contributed by atoms with E-state index in [1.54, 1.807) is 4.90 Å². The van der Waals surface area contributed by atoms with Gasteiger partial charge in [0.25, 0.3) is 5.91 Å². The second-order valence-corrected chi connectivity index (χ2v) is 5.64. The van der Waals surface area contributed by atoms with E-state index in [-0.39, 0.29) is 23.3 Å². The predicted octanol–water partition coefficient (Wildman–Crippen LogP) is 3.69. The zero-order valence-corrected chi connectivity index (χ0v) is 12.1. The van der Waals surface area contributed by atoms with Crippen LogP contribution in [0.3, 0.4) is 0 Å². The molecule has 1 fully saturated rings. The van der Waals surface area contributed by atoms with Crippen LogP contribution in [0.5, 0.6) is 0 Å². The normalized spacial score (nSPS) is 23.2. The lowest BCUT2D eigenvalue weighted by Gasteiger charge is -2.39. The molecule has 0 aliphatic carbocycles. The first-order valence-electron chi connectivity index (χ1n) is 7.01. The molecule has 0 saturated carbocycles. The first-order valence-corrected chi connectivity index (χ1v) is 7.01. The number of nitrogens with two attached hydrogens (primary N) is 1. The third-order valence-corrected chi connectivity index (χ3v) is 4.04. The Labute approximate surface area is 121 Å². The highest BCUT2D eigenvalue weighted by Gasteiger charge is 2.34. The van der Waals surface area contributed by atoms with Crippen LogP contribution in [0.25, 0.3) is 0 Å². The van der Waals surface area contributed by atoms with Crippen molar-refractivity contribution in [2.75, 3.05) is 5.73 Å². The number of amides is 1. The van der Waals surface area contributed by atoms with Crippen molar-refractivity contribution >= 4 is 11.6 Å². The van der Waals surface area contributed by atoms with E-state index in [0.29, 0.717) is 0 Å². The molecule has 3 nitrogen and oxygen atoms in total. The molecular formula is C15H19F3N2O. The minimum absolute atomic E-state index is 0.00944. The molecular weight excluding hydrogens is 281 g/mol. The zero-order valence-electron chi connectivity index (χ0n) is 12.1. The van der Waals surface area contributed by atoms with Gasteiger partial charge in [-0.1, -0.05) is 0 Å². The van der Waals surface area contributed by atoms with Gasteiger partial charge in [0.2, 0.25) is 0 Å². The number of likely N-dealkylation sites (tertiary alicyclic amines) is 1. The van der Waals surface area contributed by atoms with Gasteiger partial charge in [0.15, 0.2) is 0 Å². The van der Waals surface area contributed by atoms with E-state index in [9.17, 15) is 18.0 Å². The maximum absolute atomic E-state index is 12.8. The van der Waals surface area contributed by atoms with E-state index in [4.69, 9.17) is 5.73 Å². The summed E-state index contributed by atoms with van der Waals surface area (Å²) in [7, 11) is 0. The van der Waals surface area contributed by atoms with Crippen LogP contribution in [0, 0.1) is 0 Å². The number of anilines is 1. The Morgan fingerprint density at radius 3 is 2.33 bits per heavy atom. The molecule has 0 unspecified atom stereocenters. The average Bonchev–Trinajstić information content (AvgIpc) is 2.37. The lowest BCUT2D eigenvalue weighted by atomic mass is 9.95. The van der Waals surface area contributed by atoms with Crippen LogP contribution in [0.2, 0.25) is 0 Å². The molecule has 1 aromatic rings. The number of nitrogens with zero attached hydrogens (tertiary/aromatic N) is 1. The summed E-state index contributed by atoms with van der Waals surface area (Å²) in [6, 6.07) is 2.92. The van der Waals surface area contributed by atoms with Gasteiger partial charge in [0, 0.05) is 17.8 Å². The number of hydrogen-bond acceptors (Lipinski definition) is 2. The number of hydrogen-bond donors (Lipinski definition) is 1. The van der Waals surface area contributed by atoms with Crippen LogP contribution < -0.4 is 5.73 Å². The summed E-state index contributed by atoms with van der Waals surface area (Å²) in [5, 5.41) is 0. The minimum atomic E-state index is -4.48. The molecule has 1 aliphatic heterocycles. The molecule has 1 heterocycles. The molecule has 1 aromatic carbocycles. The molecule has 0 bridgehead atoms. The average molecular weight is 300 g/mol. The summed E-state index contributed by atoms with van der Waals surface area (Å²) >= 11 is 0. The second-order valence-electron chi connectivity index (χ2n) is 5.64. The van der Waals surface area contributed by atoms with E-state index in [1.165, 1.54) is 0 Å². The third-order valence-electron chi connectivity index (χ3n) is 4.04. The van der Waals surface area contributed by atoms with Crippen molar-refractivity contribution in [1.82, 2.24) is 4.90 Å². The number of carbonyl (C=O) groups excluding carboxylic acids is 1. The van der Waals surface area contributed by atoms with Crippen molar-refractivity contribution in [3.63, 3.8) is 0 Å². The summed E-state index contributed by atoms with van der Waals surface area (Å²) in [5.74, 6) is -0.418. The molecule has 21 heavy (non-hydrogen) atoms. The van der Waals surface area contributed by atoms with Gasteiger partial charge in [-0.3, -0.25) is 4.79 Å². The molecule has 2 rings (SSSR count). The van der Waals surface area contributed by atoms with Crippen molar-refractivity contribution in [2.45, 2.75) is 51.4 Å². The monoisotopic (exact) mass is 300 g/mol. The van der Waals surface area contributed by atoms with Crippen LogP contribution >= 0.6 is 0 Å². The van der Waals surface area contributed by atoms with Crippen LogP contribution in [-0.2, 0) is 6.18 Å². The Hall–Kier alpha value is -1.72. The molecule has 0 spiro atoms. The highest BCUT2D eigenvalue weighted by molar-refractivity contribution is 5.99. The number of piperidine rings is 1. The molecule has 2 atom stereocenters. The van der Waals surface area contributed by atoms with Gasteiger partial charge in [-0.2, -0.15) is 13.2 Å². The maximum Gasteiger partial charge on any atom is 0.416 e. The summed E-state index contributed by atoms with van der Waals surface area (Å²) in [6.45, 7) is 3.83. The van der Waals surface area contributed by atoms with E-state index in [0.717, 1.165) is 37.5 Å². The molecule has 116 valence electrons. The van der Waals surface area contributed by atoms with Crippen LogP contribution in [0.15, 0.2) is 18.2 Å². The molecule has 6 heteroatoms. The Morgan fingerprint density at radius 1 is 1.24 bits per heavy atom. The fourth-order valence-electron chi connectivity index (χ4n) is 2.88. The summed E-state index contributed by atoms with van der Waals surface area (Å²) in [6.07, 6.45) is -1.75. The Bertz CT molecular complexity index is 532.